The van der Waals surface area contributed by atoms with Crippen LogP contribution in [0.2, 0.25) is 0 Å². The second kappa shape index (κ2) is 6.07. The monoisotopic (exact) mass is 423 g/mol. The lowest BCUT2D eigenvalue weighted by Crippen LogP contribution is -2.39. The second-order valence-electron chi connectivity index (χ2n) is 6.37. The van der Waals surface area contributed by atoms with Crippen LogP contribution >= 0.6 is 15.9 Å². The van der Waals surface area contributed by atoms with Crippen molar-refractivity contribution in [1.29, 1.82) is 0 Å². The van der Waals surface area contributed by atoms with Gasteiger partial charge in [-0.2, -0.15) is 0 Å². The number of benzene rings is 2. The number of rotatable bonds is 1. The molecule has 0 aliphatic carbocycles. The number of para-hydroxylation sites is 1. The largest absolute Gasteiger partial charge is 0.440 e. The van der Waals surface area contributed by atoms with Crippen LogP contribution in [-0.4, -0.2) is 12.5 Å². The van der Waals surface area contributed by atoms with Crippen molar-refractivity contribution in [3.63, 3.8) is 0 Å². The Balaban J connectivity index is 1.84. The molecule has 134 valence electrons. The fourth-order valence-corrected chi connectivity index (χ4v) is 3.88. The van der Waals surface area contributed by atoms with Crippen LogP contribution in [0.3, 0.4) is 0 Å². The minimum absolute atomic E-state index is 0.419. The minimum atomic E-state index is -0.617. The molecular formula is C20H14BrN3O3. The fourth-order valence-electron chi connectivity index (χ4n) is 3.62. The molecule has 0 bridgehead atoms. The van der Waals surface area contributed by atoms with Crippen molar-refractivity contribution in [1.82, 2.24) is 5.32 Å². The third kappa shape index (κ3) is 2.50. The van der Waals surface area contributed by atoms with Gasteiger partial charge in [-0.1, -0.05) is 40.2 Å². The van der Waals surface area contributed by atoms with Crippen molar-refractivity contribution in [3.05, 3.63) is 86.0 Å². The molecule has 3 aromatic rings. The zero-order valence-electron chi connectivity index (χ0n) is 14.0. The molecule has 0 fully saturated rings. The van der Waals surface area contributed by atoms with Crippen molar-refractivity contribution >= 4 is 33.2 Å². The molecule has 6 nitrogen and oxygen atoms in total. The van der Waals surface area contributed by atoms with Crippen LogP contribution in [0.5, 0.6) is 5.75 Å². The maximum Gasteiger partial charge on any atom is 0.344 e. The topological polar surface area (TPSA) is 89.9 Å². The average Bonchev–Trinajstić information content (AvgIpc) is 2.68. The molecule has 1 aromatic heterocycles. The first-order valence-corrected chi connectivity index (χ1v) is 9.19. The molecule has 3 heterocycles. The summed E-state index contributed by atoms with van der Waals surface area (Å²) in [6.07, 6.45) is 0.898. The van der Waals surface area contributed by atoms with Gasteiger partial charge in [-0.15, -0.1) is 0 Å². The van der Waals surface area contributed by atoms with Gasteiger partial charge in [-0.25, -0.2) is 4.79 Å². The molecule has 0 unspecified atom stereocenters. The summed E-state index contributed by atoms with van der Waals surface area (Å²) >= 11 is 3.45. The van der Waals surface area contributed by atoms with Gasteiger partial charge in [0.2, 0.25) is 5.88 Å². The molecule has 0 saturated heterocycles. The summed E-state index contributed by atoms with van der Waals surface area (Å²) < 4.78 is 12.6. The summed E-state index contributed by atoms with van der Waals surface area (Å²) in [5.41, 5.74) is 8.34. The molecule has 2 atom stereocenters. The predicted octanol–water partition coefficient (Wildman–Crippen LogP) is 3.21. The summed E-state index contributed by atoms with van der Waals surface area (Å²) in [6, 6.07) is 15.1. The van der Waals surface area contributed by atoms with Gasteiger partial charge >= 0.3 is 5.63 Å². The molecule has 3 N–H and O–H groups in total. The SMILES string of the molecule is N[C@H]1N=CNC2=C1[C@@H](c1ccc(Br)cc1)c1c(c3ccccc3oc1=O)O2. The van der Waals surface area contributed by atoms with E-state index in [0.29, 0.717) is 28.4 Å². The van der Waals surface area contributed by atoms with Crippen LogP contribution in [0, 0.1) is 0 Å². The van der Waals surface area contributed by atoms with E-state index in [1.54, 1.807) is 6.07 Å². The van der Waals surface area contributed by atoms with Crippen molar-refractivity contribution in [3.8, 4) is 5.75 Å². The summed E-state index contributed by atoms with van der Waals surface area (Å²) in [5.74, 6) is 0.579. The highest BCUT2D eigenvalue weighted by Gasteiger charge is 2.39. The number of nitrogens with two attached hydrogens (primary N) is 1. The zero-order chi connectivity index (χ0) is 18.5. The maximum absolute atomic E-state index is 12.9. The number of aliphatic imine (C=N–C) groups is 1. The van der Waals surface area contributed by atoms with Gasteiger partial charge < -0.3 is 20.2 Å². The van der Waals surface area contributed by atoms with Gasteiger partial charge in [0.15, 0.2) is 5.75 Å². The van der Waals surface area contributed by atoms with Crippen molar-refractivity contribution in [2.24, 2.45) is 10.7 Å². The molecule has 2 aliphatic rings. The van der Waals surface area contributed by atoms with E-state index in [9.17, 15) is 4.79 Å². The molecule has 5 rings (SSSR count). The maximum atomic E-state index is 12.9. The lowest BCUT2D eigenvalue weighted by molar-refractivity contribution is 0.358. The molecule has 27 heavy (non-hydrogen) atoms. The van der Waals surface area contributed by atoms with E-state index < -0.39 is 17.7 Å². The Labute approximate surface area is 162 Å². The second-order valence-corrected chi connectivity index (χ2v) is 7.28. The van der Waals surface area contributed by atoms with E-state index in [4.69, 9.17) is 14.9 Å². The predicted molar refractivity (Wildman–Crippen MR) is 106 cm³/mol. The molecule has 0 saturated carbocycles. The fraction of sp³-hybridized carbons (Fsp3) is 0.100. The molecule has 0 amide bonds. The van der Waals surface area contributed by atoms with Crippen molar-refractivity contribution < 1.29 is 9.15 Å². The Bertz CT molecular complexity index is 1180. The van der Waals surface area contributed by atoms with Crippen LogP contribution in [0.15, 0.2) is 78.7 Å². The summed E-state index contributed by atoms with van der Waals surface area (Å²) in [6.45, 7) is 0. The van der Waals surface area contributed by atoms with Crippen molar-refractivity contribution in [2.75, 3.05) is 0 Å². The van der Waals surface area contributed by atoms with E-state index in [-0.39, 0.29) is 0 Å². The van der Waals surface area contributed by atoms with Crippen LogP contribution in [0.25, 0.3) is 11.0 Å². The Morgan fingerprint density at radius 2 is 1.89 bits per heavy atom. The first kappa shape index (κ1) is 16.3. The highest BCUT2D eigenvalue weighted by Crippen LogP contribution is 2.45. The highest BCUT2D eigenvalue weighted by atomic mass is 79.9. The average molecular weight is 424 g/mol. The number of hydrogen-bond donors (Lipinski definition) is 2. The summed E-state index contributed by atoms with van der Waals surface area (Å²) in [5, 5.41) is 3.77. The minimum Gasteiger partial charge on any atom is -0.440 e. The molecule has 2 aromatic carbocycles. The first-order valence-electron chi connectivity index (χ1n) is 8.40. The van der Waals surface area contributed by atoms with Gasteiger partial charge in [-0.3, -0.25) is 4.99 Å². The Hall–Kier alpha value is -2.90. The van der Waals surface area contributed by atoms with Gasteiger partial charge in [0.1, 0.15) is 11.7 Å². The van der Waals surface area contributed by atoms with Crippen LogP contribution in [0.1, 0.15) is 17.0 Å². The number of ether oxygens (including phenoxy) is 1. The summed E-state index contributed by atoms with van der Waals surface area (Å²) in [4.78, 5) is 17.2. The van der Waals surface area contributed by atoms with Gasteiger partial charge in [0.25, 0.3) is 0 Å². The third-order valence-electron chi connectivity index (χ3n) is 4.82. The Morgan fingerprint density at radius 1 is 1.11 bits per heavy atom. The molecular weight excluding hydrogens is 410 g/mol. The lowest BCUT2D eigenvalue weighted by atomic mass is 9.82. The zero-order valence-corrected chi connectivity index (χ0v) is 15.6. The van der Waals surface area contributed by atoms with E-state index in [1.165, 1.54) is 6.34 Å². The van der Waals surface area contributed by atoms with Gasteiger partial charge in [0, 0.05) is 16.0 Å². The van der Waals surface area contributed by atoms with E-state index in [2.05, 4.69) is 26.2 Å². The van der Waals surface area contributed by atoms with Crippen LogP contribution in [-0.2, 0) is 0 Å². The Morgan fingerprint density at radius 3 is 2.70 bits per heavy atom. The normalized spacial score (nSPS) is 20.7. The number of nitrogens with zero attached hydrogens (tertiary/aromatic N) is 1. The molecule has 0 radical (unpaired) electrons. The quantitative estimate of drug-likeness (QED) is 0.586. The smallest absolute Gasteiger partial charge is 0.344 e. The third-order valence-corrected chi connectivity index (χ3v) is 5.35. The highest BCUT2D eigenvalue weighted by molar-refractivity contribution is 9.10. The van der Waals surface area contributed by atoms with Crippen LogP contribution in [0.4, 0.5) is 0 Å². The number of nitrogens with one attached hydrogen (secondary N) is 1. The molecule has 7 heteroatoms. The summed E-state index contributed by atoms with van der Waals surface area (Å²) in [7, 11) is 0. The van der Waals surface area contributed by atoms with E-state index >= 15 is 0 Å². The standard InChI is InChI=1S/C20H14BrN3O3/c21-11-7-5-10(6-8-11)14-15-17(27-19-16(14)18(22)23-9-24-19)12-3-1-2-4-13(12)26-20(15)25/h1-9,14,18H,22H2,(H,23,24)/t14-,18-/m0/s1. The first-order chi connectivity index (χ1) is 13.1. The van der Waals surface area contributed by atoms with E-state index in [0.717, 1.165) is 15.4 Å². The molecule has 2 aliphatic heterocycles. The number of fused-ring (bicyclic) bond motifs is 3. The molecule has 0 spiro atoms. The number of hydrogen-bond acceptors (Lipinski definition) is 6. The van der Waals surface area contributed by atoms with Gasteiger partial charge in [0.05, 0.1) is 17.3 Å². The Kier molecular flexibility index (Phi) is 3.66. The van der Waals surface area contributed by atoms with E-state index in [1.807, 2.05) is 42.5 Å². The lowest BCUT2D eigenvalue weighted by Gasteiger charge is -2.33. The van der Waals surface area contributed by atoms with Crippen molar-refractivity contribution in [2.45, 2.75) is 12.1 Å². The van der Waals surface area contributed by atoms with Crippen LogP contribution < -0.4 is 21.4 Å². The van der Waals surface area contributed by atoms with Gasteiger partial charge in [-0.05, 0) is 29.8 Å². The number of halogens is 1.